The van der Waals surface area contributed by atoms with Crippen molar-refractivity contribution in [2.45, 2.75) is 33.2 Å². The molecule has 0 radical (unpaired) electrons. The molecule has 100 valence electrons. The maximum absolute atomic E-state index is 4.39. The number of hydrogen-bond donors (Lipinski definition) is 2. The molecule has 0 unspecified atom stereocenters. The van der Waals surface area contributed by atoms with E-state index in [0.29, 0.717) is 11.8 Å². The van der Waals surface area contributed by atoms with Gasteiger partial charge in [0.15, 0.2) is 5.82 Å². The summed E-state index contributed by atoms with van der Waals surface area (Å²) in [7, 11) is 0. The molecule has 0 bridgehead atoms. The van der Waals surface area contributed by atoms with Crippen molar-refractivity contribution < 1.29 is 0 Å². The average Bonchev–Trinajstić information content (AvgIpc) is 2.27. The molecule has 1 heterocycles. The minimum absolute atomic E-state index is 0.0936. The van der Waals surface area contributed by atoms with E-state index in [1.807, 2.05) is 12.1 Å². The number of nitrogens with zero attached hydrogens (tertiary/aromatic N) is 3. The van der Waals surface area contributed by atoms with Crippen LogP contribution < -0.4 is 10.6 Å². The van der Waals surface area contributed by atoms with Crippen molar-refractivity contribution in [3.63, 3.8) is 0 Å². The smallest absolute Gasteiger partial charge is 0.245 e. The van der Waals surface area contributed by atoms with Gasteiger partial charge in [0.2, 0.25) is 5.95 Å². The Balaban J connectivity index is 2.15. The number of rotatable bonds is 3. The van der Waals surface area contributed by atoms with Gasteiger partial charge in [0.05, 0.1) is 6.20 Å². The first-order valence-corrected chi connectivity index (χ1v) is 6.24. The van der Waals surface area contributed by atoms with Crippen molar-refractivity contribution in [1.29, 1.82) is 0 Å². The Hall–Kier alpha value is -2.17. The van der Waals surface area contributed by atoms with Crippen molar-refractivity contribution >= 4 is 17.5 Å². The van der Waals surface area contributed by atoms with Gasteiger partial charge in [-0.25, -0.2) is 0 Å². The molecule has 0 aliphatic rings. The van der Waals surface area contributed by atoms with E-state index >= 15 is 0 Å². The molecule has 2 aromatic rings. The molecule has 0 spiro atoms. The first-order valence-electron chi connectivity index (χ1n) is 6.24. The van der Waals surface area contributed by atoms with Crippen LogP contribution in [-0.4, -0.2) is 20.7 Å². The van der Waals surface area contributed by atoms with Gasteiger partial charge in [0, 0.05) is 11.2 Å². The van der Waals surface area contributed by atoms with Gasteiger partial charge in [-0.1, -0.05) is 12.1 Å². The van der Waals surface area contributed by atoms with E-state index < -0.39 is 0 Å². The highest BCUT2D eigenvalue weighted by Crippen LogP contribution is 2.16. The maximum Gasteiger partial charge on any atom is 0.245 e. The molecule has 2 N–H and O–H groups in total. The number of hydrogen-bond acceptors (Lipinski definition) is 5. The maximum atomic E-state index is 4.39. The van der Waals surface area contributed by atoms with Gasteiger partial charge in [-0.2, -0.15) is 10.1 Å². The van der Waals surface area contributed by atoms with Gasteiger partial charge in [0.25, 0.3) is 0 Å². The van der Waals surface area contributed by atoms with Gasteiger partial charge < -0.3 is 10.6 Å². The van der Waals surface area contributed by atoms with Crippen molar-refractivity contribution in [3.8, 4) is 0 Å². The molecule has 0 aliphatic heterocycles. The van der Waals surface area contributed by atoms with Crippen LogP contribution in [0.4, 0.5) is 17.5 Å². The van der Waals surface area contributed by atoms with Crippen LogP contribution >= 0.6 is 0 Å². The number of nitrogens with one attached hydrogen (secondary N) is 2. The van der Waals surface area contributed by atoms with Gasteiger partial charge in [-0.3, -0.25) is 0 Å². The lowest BCUT2D eigenvalue weighted by Gasteiger charge is -2.20. The predicted molar refractivity (Wildman–Crippen MR) is 77.7 cm³/mol. The van der Waals surface area contributed by atoms with E-state index in [1.54, 1.807) is 6.20 Å². The minimum atomic E-state index is -0.0936. The Morgan fingerprint density at radius 1 is 1.16 bits per heavy atom. The van der Waals surface area contributed by atoms with Crippen LogP contribution in [0.5, 0.6) is 0 Å². The molecule has 5 nitrogen and oxygen atoms in total. The molecule has 1 aromatic heterocycles. The molecule has 19 heavy (non-hydrogen) atoms. The van der Waals surface area contributed by atoms with Gasteiger partial charge in [0.1, 0.15) is 0 Å². The molecular weight excluding hydrogens is 238 g/mol. The van der Waals surface area contributed by atoms with E-state index in [1.165, 1.54) is 5.56 Å². The van der Waals surface area contributed by atoms with Crippen LogP contribution in [0.2, 0.25) is 0 Å². The summed E-state index contributed by atoms with van der Waals surface area (Å²) in [5, 5.41) is 14.3. The van der Waals surface area contributed by atoms with E-state index in [9.17, 15) is 0 Å². The third-order valence-corrected chi connectivity index (χ3v) is 2.34. The van der Waals surface area contributed by atoms with Crippen LogP contribution in [0.1, 0.15) is 26.3 Å². The second-order valence-electron chi connectivity index (χ2n) is 5.53. The van der Waals surface area contributed by atoms with E-state index in [-0.39, 0.29) is 5.54 Å². The standard InChI is InChI=1S/C14H19N5/c1-10-6-5-7-11(8-10)16-12-9-15-19-13(17-12)18-14(2,3)4/h5-9H,1-4H3,(H2,16,17,18,19). The Bertz CT molecular complexity index is 560. The second kappa shape index (κ2) is 5.22. The summed E-state index contributed by atoms with van der Waals surface area (Å²) < 4.78 is 0. The highest BCUT2D eigenvalue weighted by molar-refractivity contribution is 5.56. The average molecular weight is 257 g/mol. The lowest BCUT2D eigenvalue weighted by atomic mass is 10.1. The monoisotopic (exact) mass is 257 g/mol. The zero-order valence-electron chi connectivity index (χ0n) is 11.7. The Labute approximate surface area is 113 Å². The number of aromatic nitrogens is 3. The van der Waals surface area contributed by atoms with Crippen molar-refractivity contribution in [1.82, 2.24) is 15.2 Å². The van der Waals surface area contributed by atoms with Crippen molar-refractivity contribution in [2.24, 2.45) is 0 Å². The quantitative estimate of drug-likeness (QED) is 0.884. The fourth-order valence-corrected chi connectivity index (χ4v) is 1.62. The van der Waals surface area contributed by atoms with E-state index in [4.69, 9.17) is 0 Å². The van der Waals surface area contributed by atoms with Crippen LogP contribution in [0.25, 0.3) is 0 Å². The Morgan fingerprint density at radius 3 is 2.63 bits per heavy atom. The summed E-state index contributed by atoms with van der Waals surface area (Å²) >= 11 is 0. The largest absolute Gasteiger partial charge is 0.348 e. The molecule has 1 aromatic carbocycles. The fraction of sp³-hybridized carbons (Fsp3) is 0.357. The SMILES string of the molecule is Cc1cccc(Nc2cnnc(NC(C)(C)C)n2)c1. The van der Waals surface area contributed by atoms with E-state index in [2.05, 4.69) is 65.6 Å². The minimum Gasteiger partial charge on any atom is -0.348 e. The summed E-state index contributed by atoms with van der Waals surface area (Å²) in [6, 6.07) is 8.10. The zero-order valence-corrected chi connectivity index (χ0v) is 11.7. The molecule has 0 saturated heterocycles. The third kappa shape index (κ3) is 4.21. The highest BCUT2D eigenvalue weighted by atomic mass is 15.3. The number of anilines is 3. The van der Waals surface area contributed by atoms with Crippen LogP contribution in [0.3, 0.4) is 0 Å². The number of benzene rings is 1. The van der Waals surface area contributed by atoms with E-state index in [0.717, 1.165) is 5.69 Å². The summed E-state index contributed by atoms with van der Waals surface area (Å²) in [6.45, 7) is 8.21. The summed E-state index contributed by atoms with van der Waals surface area (Å²) in [5.41, 5.74) is 2.09. The first-order chi connectivity index (χ1) is 8.92. The van der Waals surface area contributed by atoms with Crippen LogP contribution in [0.15, 0.2) is 30.5 Å². The zero-order chi connectivity index (χ0) is 13.9. The summed E-state index contributed by atoms with van der Waals surface area (Å²) in [6.07, 6.45) is 1.61. The van der Waals surface area contributed by atoms with Crippen molar-refractivity contribution in [3.05, 3.63) is 36.0 Å². The van der Waals surface area contributed by atoms with Gasteiger partial charge >= 0.3 is 0 Å². The topological polar surface area (TPSA) is 62.7 Å². The van der Waals surface area contributed by atoms with Crippen LogP contribution in [-0.2, 0) is 0 Å². The Kier molecular flexibility index (Phi) is 3.64. The molecular formula is C14H19N5. The molecule has 0 atom stereocenters. The highest BCUT2D eigenvalue weighted by Gasteiger charge is 2.11. The molecule has 5 heteroatoms. The van der Waals surface area contributed by atoms with Crippen LogP contribution in [0, 0.1) is 6.92 Å². The molecule has 0 amide bonds. The predicted octanol–water partition coefficient (Wildman–Crippen LogP) is 3.13. The molecule has 0 saturated carbocycles. The van der Waals surface area contributed by atoms with Gasteiger partial charge in [-0.15, -0.1) is 5.10 Å². The fourth-order valence-electron chi connectivity index (χ4n) is 1.62. The molecule has 0 fully saturated rings. The first kappa shape index (κ1) is 13.3. The van der Waals surface area contributed by atoms with Crippen molar-refractivity contribution in [2.75, 3.05) is 10.6 Å². The molecule has 2 rings (SSSR count). The summed E-state index contributed by atoms with van der Waals surface area (Å²) in [5.74, 6) is 1.19. The summed E-state index contributed by atoms with van der Waals surface area (Å²) in [4.78, 5) is 4.39. The third-order valence-electron chi connectivity index (χ3n) is 2.34. The lowest BCUT2D eigenvalue weighted by Crippen LogP contribution is -2.27. The normalized spacial score (nSPS) is 11.2. The molecule has 0 aliphatic carbocycles. The number of aryl methyl sites for hydroxylation is 1. The lowest BCUT2D eigenvalue weighted by molar-refractivity contribution is 0.623. The Morgan fingerprint density at radius 2 is 1.95 bits per heavy atom. The van der Waals surface area contributed by atoms with Gasteiger partial charge in [-0.05, 0) is 45.4 Å². The second-order valence-corrected chi connectivity index (χ2v) is 5.53.